The molecule has 0 saturated carbocycles. The molecule has 1 heterocycles. The molecule has 1 rings (SSSR count). The molecule has 0 bridgehead atoms. The summed E-state index contributed by atoms with van der Waals surface area (Å²) >= 11 is 0. The van der Waals surface area contributed by atoms with Crippen LogP contribution < -0.4 is 0 Å². The molecule has 0 unspecified atom stereocenters. The number of aromatic nitrogens is 1. The Balaban J connectivity index is 3.46. The van der Waals surface area contributed by atoms with Gasteiger partial charge in [-0.2, -0.15) is 4.39 Å². The molecule has 13 heavy (non-hydrogen) atoms. The van der Waals surface area contributed by atoms with Gasteiger partial charge in [-0.1, -0.05) is 13.8 Å². The molecule has 72 valence electrons. The molecule has 0 aromatic carbocycles. The lowest BCUT2D eigenvalue weighted by Crippen LogP contribution is -2.06. The number of rotatable bonds is 1. The van der Waals surface area contributed by atoms with E-state index >= 15 is 0 Å². The van der Waals surface area contributed by atoms with Crippen molar-refractivity contribution in [2.75, 3.05) is 0 Å². The fraction of sp³-hybridized carbons (Fsp3) is 0.444. The maximum atomic E-state index is 13.2. The summed E-state index contributed by atoms with van der Waals surface area (Å²) in [6.45, 7) is 4.50. The highest BCUT2D eigenvalue weighted by Gasteiger charge is 2.20. The molecular formula is C9H10F3N. The monoisotopic (exact) mass is 189 g/mol. The first-order valence-corrected chi connectivity index (χ1v) is 3.96. The van der Waals surface area contributed by atoms with Crippen LogP contribution in [0.25, 0.3) is 0 Å². The molecule has 1 aromatic rings. The molecule has 0 aliphatic rings. The van der Waals surface area contributed by atoms with E-state index in [0.29, 0.717) is 0 Å². The van der Waals surface area contributed by atoms with E-state index in [1.807, 2.05) is 0 Å². The van der Waals surface area contributed by atoms with E-state index < -0.39 is 23.5 Å². The van der Waals surface area contributed by atoms with Crippen LogP contribution in [0.3, 0.4) is 0 Å². The average Bonchev–Trinajstić information content (AvgIpc) is 2.01. The van der Waals surface area contributed by atoms with Gasteiger partial charge in [-0.25, -0.2) is 13.8 Å². The predicted molar refractivity (Wildman–Crippen MR) is 42.9 cm³/mol. The summed E-state index contributed by atoms with van der Waals surface area (Å²) < 4.78 is 39.0. The normalized spacial score (nSPS) is 11.0. The van der Waals surface area contributed by atoms with Gasteiger partial charge in [0.2, 0.25) is 5.95 Å². The van der Waals surface area contributed by atoms with Crippen LogP contribution in [0.15, 0.2) is 0 Å². The van der Waals surface area contributed by atoms with Gasteiger partial charge in [-0.05, 0) is 12.8 Å². The van der Waals surface area contributed by atoms with Crippen LogP contribution in [0.4, 0.5) is 13.2 Å². The number of pyridine rings is 1. The zero-order valence-corrected chi connectivity index (χ0v) is 7.66. The third kappa shape index (κ3) is 1.66. The number of hydrogen-bond acceptors (Lipinski definition) is 1. The van der Waals surface area contributed by atoms with E-state index in [1.54, 1.807) is 13.8 Å². The lowest BCUT2D eigenvalue weighted by Gasteiger charge is -2.09. The second-order valence-electron chi connectivity index (χ2n) is 3.18. The first-order valence-electron chi connectivity index (χ1n) is 3.96. The highest BCUT2D eigenvalue weighted by atomic mass is 19.2. The van der Waals surface area contributed by atoms with Crippen molar-refractivity contribution in [2.24, 2.45) is 0 Å². The SMILES string of the molecule is Cc1nc(F)c(F)c(C(C)C)c1F. The molecule has 0 amide bonds. The lowest BCUT2D eigenvalue weighted by molar-refractivity contribution is 0.439. The van der Waals surface area contributed by atoms with Crippen LogP contribution in [-0.4, -0.2) is 4.98 Å². The van der Waals surface area contributed by atoms with Crippen molar-refractivity contribution in [1.29, 1.82) is 0 Å². The van der Waals surface area contributed by atoms with Gasteiger partial charge in [0.05, 0.1) is 5.69 Å². The maximum Gasteiger partial charge on any atom is 0.249 e. The zero-order valence-electron chi connectivity index (χ0n) is 7.66. The second kappa shape index (κ2) is 3.36. The third-order valence-corrected chi connectivity index (χ3v) is 1.81. The van der Waals surface area contributed by atoms with Crippen molar-refractivity contribution < 1.29 is 13.2 Å². The highest BCUT2D eigenvalue weighted by Crippen LogP contribution is 2.24. The molecule has 0 aliphatic heterocycles. The van der Waals surface area contributed by atoms with Gasteiger partial charge < -0.3 is 0 Å². The fourth-order valence-electron chi connectivity index (χ4n) is 1.15. The highest BCUT2D eigenvalue weighted by molar-refractivity contribution is 5.24. The number of aryl methyl sites for hydroxylation is 1. The van der Waals surface area contributed by atoms with Gasteiger partial charge in [0.1, 0.15) is 0 Å². The standard InChI is InChI=1S/C9H10F3N/c1-4(2)6-7(10)5(3)13-9(12)8(6)11/h4H,1-3H3. The minimum absolute atomic E-state index is 0.109. The maximum absolute atomic E-state index is 13.2. The molecule has 4 heteroatoms. The topological polar surface area (TPSA) is 12.9 Å². The van der Waals surface area contributed by atoms with Crippen LogP contribution in [-0.2, 0) is 0 Å². The molecule has 0 N–H and O–H groups in total. The summed E-state index contributed by atoms with van der Waals surface area (Å²) in [6, 6.07) is 0. The molecule has 1 nitrogen and oxygen atoms in total. The van der Waals surface area contributed by atoms with Crippen LogP contribution in [0.2, 0.25) is 0 Å². The smallest absolute Gasteiger partial charge is 0.219 e. The summed E-state index contributed by atoms with van der Waals surface area (Å²) in [5.41, 5.74) is -0.340. The number of halogens is 3. The molecule has 1 aromatic heterocycles. The molecule has 0 fully saturated rings. The lowest BCUT2D eigenvalue weighted by atomic mass is 10.0. The third-order valence-electron chi connectivity index (χ3n) is 1.81. The largest absolute Gasteiger partial charge is 0.249 e. The van der Waals surface area contributed by atoms with Crippen molar-refractivity contribution >= 4 is 0 Å². The van der Waals surface area contributed by atoms with E-state index in [9.17, 15) is 13.2 Å². The Bertz CT molecular complexity index is 308. The van der Waals surface area contributed by atoms with Gasteiger partial charge in [0.25, 0.3) is 0 Å². The Labute approximate surface area is 74.6 Å². The van der Waals surface area contributed by atoms with Crippen molar-refractivity contribution in [3.8, 4) is 0 Å². The predicted octanol–water partition coefficient (Wildman–Crippen LogP) is 2.93. The molecule has 0 spiro atoms. The van der Waals surface area contributed by atoms with Crippen LogP contribution in [0.5, 0.6) is 0 Å². The first kappa shape index (κ1) is 10.0. The quantitative estimate of drug-likeness (QED) is 0.619. The Morgan fingerprint density at radius 3 is 2.08 bits per heavy atom. The number of hydrogen-bond donors (Lipinski definition) is 0. The van der Waals surface area contributed by atoms with Crippen LogP contribution in [0.1, 0.15) is 31.0 Å². The molecular weight excluding hydrogens is 179 g/mol. The Morgan fingerprint density at radius 2 is 1.62 bits per heavy atom. The summed E-state index contributed by atoms with van der Waals surface area (Å²) in [4.78, 5) is 3.10. The first-order chi connectivity index (χ1) is 5.95. The van der Waals surface area contributed by atoms with Crippen LogP contribution in [0, 0.1) is 24.5 Å². The van der Waals surface area contributed by atoms with Crippen LogP contribution >= 0.6 is 0 Å². The second-order valence-corrected chi connectivity index (χ2v) is 3.18. The molecule has 0 aliphatic carbocycles. The fourth-order valence-corrected chi connectivity index (χ4v) is 1.15. The van der Waals surface area contributed by atoms with E-state index in [1.165, 1.54) is 6.92 Å². The van der Waals surface area contributed by atoms with E-state index in [-0.39, 0.29) is 11.3 Å². The summed E-state index contributed by atoms with van der Waals surface area (Å²) in [6.07, 6.45) is 0. The van der Waals surface area contributed by atoms with Gasteiger partial charge in [0.15, 0.2) is 11.6 Å². The summed E-state index contributed by atoms with van der Waals surface area (Å²) in [5, 5.41) is 0. The van der Waals surface area contributed by atoms with Crippen molar-refractivity contribution in [1.82, 2.24) is 4.98 Å². The average molecular weight is 189 g/mol. The molecule has 0 saturated heterocycles. The van der Waals surface area contributed by atoms with E-state index in [4.69, 9.17) is 0 Å². The minimum atomic E-state index is -1.23. The molecule has 0 atom stereocenters. The molecule has 0 radical (unpaired) electrons. The van der Waals surface area contributed by atoms with Gasteiger partial charge in [-0.3, -0.25) is 0 Å². The van der Waals surface area contributed by atoms with Crippen molar-refractivity contribution in [3.05, 3.63) is 28.8 Å². The van der Waals surface area contributed by atoms with Gasteiger partial charge in [0, 0.05) is 5.56 Å². The Kier molecular flexibility index (Phi) is 2.59. The van der Waals surface area contributed by atoms with E-state index in [0.717, 1.165) is 0 Å². The van der Waals surface area contributed by atoms with Gasteiger partial charge >= 0.3 is 0 Å². The van der Waals surface area contributed by atoms with Gasteiger partial charge in [-0.15, -0.1) is 0 Å². The van der Waals surface area contributed by atoms with Crippen molar-refractivity contribution in [2.45, 2.75) is 26.7 Å². The minimum Gasteiger partial charge on any atom is -0.219 e. The Hall–Kier alpha value is -1.06. The summed E-state index contributed by atoms with van der Waals surface area (Å²) in [5.74, 6) is -3.56. The van der Waals surface area contributed by atoms with E-state index in [2.05, 4.69) is 4.98 Å². The number of nitrogens with zero attached hydrogens (tertiary/aromatic N) is 1. The summed E-state index contributed by atoms with van der Waals surface area (Å²) in [7, 11) is 0. The zero-order chi connectivity index (χ0) is 10.2. The Morgan fingerprint density at radius 1 is 1.08 bits per heavy atom. The van der Waals surface area contributed by atoms with Crippen molar-refractivity contribution in [3.63, 3.8) is 0 Å².